The van der Waals surface area contributed by atoms with E-state index in [-0.39, 0.29) is 17.0 Å². The van der Waals surface area contributed by atoms with Crippen molar-refractivity contribution in [2.24, 2.45) is 0 Å². The second-order valence-corrected chi connectivity index (χ2v) is 4.60. The normalized spacial score (nSPS) is 10.9. The van der Waals surface area contributed by atoms with E-state index in [1.807, 2.05) is 28.7 Å². The molecule has 0 fully saturated rings. The van der Waals surface area contributed by atoms with Crippen LogP contribution in [0, 0.1) is 14.9 Å². The van der Waals surface area contributed by atoms with Gasteiger partial charge in [-0.3, -0.25) is 0 Å². The maximum absolute atomic E-state index is 11.0. The summed E-state index contributed by atoms with van der Waals surface area (Å²) in [6, 6.07) is 6.75. The van der Waals surface area contributed by atoms with Crippen molar-refractivity contribution in [1.82, 2.24) is 20.6 Å². The zero-order valence-electron chi connectivity index (χ0n) is 9.83. The highest BCUT2D eigenvalue weighted by Crippen LogP contribution is 2.22. The van der Waals surface area contributed by atoms with Crippen molar-refractivity contribution < 1.29 is 9.90 Å². The van der Waals surface area contributed by atoms with E-state index >= 15 is 0 Å². The molecule has 0 aliphatic rings. The largest absolute Gasteiger partial charge is 0.478 e. The molecule has 0 saturated carbocycles. The van der Waals surface area contributed by atoms with E-state index < -0.39 is 5.97 Å². The third-order valence-corrected chi connectivity index (χ3v) is 3.47. The first-order chi connectivity index (χ1) is 9.63. The molecule has 2 aromatic rings. The van der Waals surface area contributed by atoms with Gasteiger partial charge in [0.1, 0.15) is 11.6 Å². The van der Waals surface area contributed by atoms with Crippen molar-refractivity contribution in [2.75, 3.05) is 5.32 Å². The molecule has 1 heterocycles. The first-order valence-corrected chi connectivity index (χ1v) is 6.33. The second kappa shape index (κ2) is 6.11. The van der Waals surface area contributed by atoms with Crippen LogP contribution in [0.25, 0.3) is 5.57 Å². The van der Waals surface area contributed by atoms with Gasteiger partial charge in [0.2, 0.25) is 5.82 Å². The molecule has 3 N–H and O–H groups in total. The first kappa shape index (κ1) is 13.9. The minimum Gasteiger partial charge on any atom is -0.478 e. The Morgan fingerprint density at radius 3 is 2.95 bits per heavy atom. The Morgan fingerprint density at radius 1 is 1.55 bits per heavy atom. The molecule has 9 heteroatoms. The Morgan fingerprint density at radius 2 is 2.35 bits per heavy atom. The minimum atomic E-state index is -1.01. The highest BCUT2D eigenvalue weighted by molar-refractivity contribution is 14.1. The van der Waals surface area contributed by atoms with E-state index in [1.165, 1.54) is 12.3 Å². The Kier molecular flexibility index (Phi) is 4.26. The van der Waals surface area contributed by atoms with Gasteiger partial charge in [0.15, 0.2) is 0 Å². The maximum Gasteiger partial charge on any atom is 0.336 e. The summed E-state index contributed by atoms with van der Waals surface area (Å²) in [6.45, 7) is 0. The third-order valence-electron chi connectivity index (χ3n) is 2.31. The number of rotatable bonds is 4. The molecule has 1 aromatic heterocycles. The molecule has 0 bridgehead atoms. The van der Waals surface area contributed by atoms with Gasteiger partial charge >= 0.3 is 5.97 Å². The summed E-state index contributed by atoms with van der Waals surface area (Å²) in [5.74, 6) is -0.856. The van der Waals surface area contributed by atoms with Crippen LogP contribution in [0.4, 0.5) is 5.69 Å². The lowest BCUT2D eigenvalue weighted by molar-refractivity contribution is 0.0696. The molecule has 0 atom stereocenters. The van der Waals surface area contributed by atoms with Crippen molar-refractivity contribution in [3.63, 3.8) is 0 Å². The number of benzene rings is 1. The van der Waals surface area contributed by atoms with Crippen LogP contribution in [0.5, 0.6) is 0 Å². The Balaban J connectivity index is 2.29. The fourth-order valence-electron chi connectivity index (χ4n) is 1.38. The smallest absolute Gasteiger partial charge is 0.336 e. The van der Waals surface area contributed by atoms with Gasteiger partial charge in [0.25, 0.3) is 0 Å². The van der Waals surface area contributed by atoms with Crippen LogP contribution in [0.15, 0.2) is 24.4 Å². The van der Waals surface area contributed by atoms with Gasteiger partial charge in [-0.25, -0.2) is 4.79 Å². The predicted octanol–water partition coefficient (Wildman–Crippen LogP) is 1.48. The number of carboxylic acids is 1. The molecule has 0 radical (unpaired) electrons. The van der Waals surface area contributed by atoms with Crippen molar-refractivity contribution in [3.8, 4) is 6.07 Å². The molecule has 8 nitrogen and oxygen atoms in total. The number of nitrogens with one attached hydrogen (secondary N) is 2. The number of halogens is 1. The number of tetrazole rings is 1. The number of aromatic amines is 1. The van der Waals surface area contributed by atoms with Gasteiger partial charge in [-0.15, -0.1) is 10.2 Å². The molecule has 0 spiro atoms. The molecule has 0 aliphatic heterocycles. The van der Waals surface area contributed by atoms with E-state index in [0.717, 1.165) is 0 Å². The molecule has 100 valence electrons. The summed E-state index contributed by atoms with van der Waals surface area (Å²) < 4.78 is 0.541. The molecular formula is C11H7IN6O2. The van der Waals surface area contributed by atoms with Gasteiger partial charge in [0, 0.05) is 6.20 Å². The highest BCUT2D eigenvalue weighted by atomic mass is 127. The van der Waals surface area contributed by atoms with Gasteiger partial charge < -0.3 is 10.4 Å². The lowest BCUT2D eigenvalue weighted by Crippen LogP contribution is -2.02. The molecule has 0 unspecified atom stereocenters. The van der Waals surface area contributed by atoms with Gasteiger partial charge in [-0.05, 0) is 39.9 Å². The number of nitrogens with zero attached hydrogens (tertiary/aromatic N) is 4. The molecule has 1 aromatic carbocycles. The van der Waals surface area contributed by atoms with E-state index in [0.29, 0.717) is 9.26 Å². The number of nitriles is 1. The van der Waals surface area contributed by atoms with Crippen LogP contribution in [-0.2, 0) is 0 Å². The van der Waals surface area contributed by atoms with Crippen molar-refractivity contribution in [2.45, 2.75) is 0 Å². The quantitative estimate of drug-likeness (QED) is 0.540. The predicted molar refractivity (Wildman–Crippen MR) is 77.5 cm³/mol. The standard InChI is InChI=1S/C11H7IN6O2/c12-9-7(11(19)20)2-1-3-8(9)14-5-6(4-13)10-15-17-18-16-10/h1-3,5,14H,(H,19,20)(H,15,16,17,18). The number of anilines is 1. The fraction of sp³-hybridized carbons (Fsp3) is 0. The van der Waals surface area contributed by atoms with E-state index in [4.69, 9.17) is 10.4 Å². The minimum absolute atomic E-state index is 0.157. The van der Waals surface area contributed by atoms with Crippen molar-refractivity contribution in [1.29, 1.82) is 5.26 Å². The zero-order valence-corrected chi connectivity index (χ0v) is 12.0. The topological polar surface area (TPSA) is 128 Å². The number of aromatic carboxylic acids is 1. The number of hydrogen-bond acceptors (Lipinski definition) is 6. The number of carbonyl (C=O) groups is 1. The first-order valence-electron chi connectivity index (χ1n) is 5.26. The highest BCUT2D eigenvalue weighted by Gasteiger charge is 2.11. The fourth-order valence-corrected chi connectivity index (χ4v) is 2.13. The lowest BCUT2D eigenvalue weighted by Gasteiger charge is -2.06. The van der Waals surface area contributed by atoms with Gasteiger partial charge in [-0.1, -0.05) is 6.07 Å². The number of allylic oxidation sites excluding steroid dienone is 1. The number of hydrogen-bond donors (Lipinski definition) is 3. The van der Waals surface area contributed by atoms with Crippen molar-refractivity contribution >= 4 is 39.8 Å². The lowest BCUT2D eigenvalue weighted by atomic mass is 10.2. The summed E-state index contributed by atoms with van der Waals surface area (Å²) in [4.78, 5) is 11.0. The Hall–Kier alpha value is -2.48. The van der Waals surface area contributed by atoms with E-state index in [1.54, 1.807) is 12.1 Å². The summed E-state index contributed by atoms with van der Waals surface area (Å²) >= 11 is 1.92. The Bertz CT molecular complexity index is 704. The summed E-state index contributed by atoms with van der Waals surface area (Å²) in [7, 11) is 0. The average Bonchev–Trinajstić information content (AvgIpc) is 2.95. The molecule has 0 saturated heterocycles. The van der Waals surface area contributed by atoms with Crippen LogP contribution in [0.3, 0.4) is 0 Å². The average molecular weight is 382 g/mol. The van der Waals surface area contributed by atoms with Gasteiger partial charge in [0.05, 0.1) is 14.8 Å². The van der Waals surface area contributed by atoms with Crippen LogP contribution < -0.4 is 5.32 Å². The van der Waals surface area contributed by atoms with Crippen LogP contribution in [-0.4, -0.2) is 31.7 Å². The maximum atomic E-state index is 11.0. The summed E-state index contributed by atoms with van der Waals surface area (Å²) in [5, 5.41) is 33.9. The van der Waals surface area contributed by atoms with Gasteiger partial charge in [-0.2, -0.15) is 10.5 Å². The van der Waals surface area contributed by atoms with Crippen LogP contribution in [0.1, 0.15) is 16.2 Å². The third kappa shape index (κ3) is 2.91. The number of H-pyrrole nitrogens is 1. The number of carboxylic acid groups (broad SMARTS) is 1. The molecule has 2 rings (SSSR count). The van der Waals surface area contributed by atoms with Crippen molar-refractivity contribution in [3.05, 3.63) is 39.4 Å². The zero-order chi connectivity index (χ0) is 14.5. The molecular weight excluding hydrogens is 375 g/mol. The molecule has 20 heavy (non-hydrogen) atoms. The summed E-state index contributed by atoms with van der Waals surface area (Å²) in [6.07, 6.45) is 1.40. The summed E-state index contributed by atoms with van der Waals surface area (Å²) in [5.41, 5.74) is 0.930. The molecule has 0 aliphatic carbocycles. The number of aromatic nitrogens is 4. The Labute approximate surface area is 126 Å². The monoisotopic (exact) mass is 382 g/mol. The second-order valence-electron chi connectivity index (χ2n) is 3.52. The van der Waals surface area contributed by atoms with Crippen LogP contribution >= 0.6 is 22.6 Å². The van der Waals surface area contributed by atoms with Crippen LogP contribution in [0.2, 0.25) is 0 Å². The van der Waals surface area contributed by atoms with E-state index in [2.05, 4.69) is 25.9 Å². The molecule has 0 amide bonds. The van der Waals surface area contributed by atoms with E-state index in [9.17, 15) is 4.79 Å². The SMILES string of the molecule is N#CC(=CNc1cccc(C(=O)O)c1I)c1nn[nH]n1.